The van der Waals surface area contributed by atoms with Crippen molar-refractivity contribution in [1.29, 1.82) is 0 Å². The molecular weight excluding hydrogens is 425 g/mol. The summed E-state index contributed by atoms with van der Waals surface area (Å²) in [6, 6.07) is 2.31. The van der Waals surface area contributed by atoms with Gasteiger partial charge in [-0.3, -0.25) is 4.79 Å². The number of nitrogens with one attached hydrogen (secondary N) is 1. The molecule has 0 spiro atoms. The molecule has 1 amide bonds. The lowest BCUT2D eigenvalue weighted by molar-refractivity contribution is -0.137. The van der Waals surface area contributed by atoms with Gasteiger partial charge in [0.1, 0.15) is 5.82 Å². The van der Waals surface area contributed by atoms with E-state index in [4.69, 9.17) is 9.47 Å². The second-order valence-electron chi connectivity index (χ2n) is 8.88. The number of piperazine rings is 1. The quantitative estimate of drug-likeness (QED) is 0.754. The number of ether oxygens (including phenoxy) is 2. The fourth-order valence-corrected chi connectivity index (χ4v) is 5.43. The molecule has 0 bridgehead atoms. The number of hydrogen-bond donors (Lipinski definition) is 1. The fourth-order valence-electron chi connectivity index (χ4n) is 5.43. The van der Waals surface area contributed by atoms with Crippen LogP contribution in [0.25, 0.3) is 0 Å². The van der Waals surface area contributed by atoms with Crippen molar-refractivity contribution in [2.45, 2.75) is 49.7 Å². The molecule has 3 unspecified atom stereocenters. The minimum Gasteiger partial charge on any atom is -0.379 e. The van der Waals surface area contributed by atoms with Gasteiger partial charge in [0.2, 0.25) is 5.91 Å². The van der Waals surface area contributed by atoms with Crippen molar-refractivity contribution in [1.82, 2.24) is 15.2 Å². The van der Waals surface area contributed by atoms with E-state index >= 15 is 0 Å². The topological polar surface area (TPSA) is 66.9 Å². The molecule has 4 heterocycles. The number of fused-ring (bicyclic) bond motifs is 2. The largest absolute Gasteiger partial charge is 0.416 e. The van der Waals surface area contributed by atoms with Crippen LogP contribution in [0, 0.1) is 0 Å². The number of hydrogen-bond acceptors (Lipinski definition) is 6. The maximum atomic E-state index is 13.1. The van der Waals surface area contributed by atoms with Gasteiger partial charge in [-0.05, 0) is 37.0 Å². The molecule has 1 aromatic heterocycles. The number of alkyl halides is 3. The van der Waals surface area contributed by atoms with Crippen LogP contribution in [-0.4, -0.2) is 80.0 Å². The van der Waals surface area contributed by atoms with Crippen LogP contribution < -0.4 is 10.2 Å². The molecule has 1 aromatic rings. The summed E-state index contributed by atoms with van der Waals surface area (Å²) in [7, 11) is 1.68. The van der Waals surface area contributed by atoms with E-state index in [-0.39, 0.29) is 30.1 Å². The Labute approximate surface area is 184 Å². The first-order valence-corrected chi connectivity index (χ1v) is 11.0. The van der Waals surface area contributed by atoms with Crippen LogP contribution in [0.5, 0.6) is 0 Å². The molecule has 4 aliphatic rings. The number of carbonyl (C=O) groups is 1. The monoisotopic (exact) mass is 452 g/mol. The summed E-state index contributed by atoms with van der Waals surface area (Å²) in [6.07, 6.45) is -0.921. The molecule has 0 aromatic carbocycles. The van der Waals surface area contributed by atoms with Crippen molar-refractivity contribution in [2.24, 2.45) is 0 Å². The van der Waals surface area contributed by atoms with Gasteiger partial charge >= 0.3 is 6.18 Å². The number of nitrogens with zero attached hydrogens (tertiary/aromatic N) is 3. The number of amides is 1. The maximum absolute atomic E-state index is 13.1. The van der Waals surface area contributed by atoms with Crippen LogP contribution in [-0.2, 0) is 20.4 Å². The van der Waals surface area contributed by atoms with Gasteiger partial charge in [-0.2, -0.15) is 13.2 Å². The van der Waals surface area contributed by atoms with E-state index in [0.717, 1.165) is 36.1 Å². The molecule has 7 nitrogen and oxygen atoms in total. The summed E-state index contributed by atoms with van der Waals surface area (Å²) in [5, 5.41) is 3.66. The van der Waals surface area contributed by atoms with E-state index in [1.54, 1.807) is 7.11 Å². The molecule has 0 saturated carbocycles. The molecule has 5 rings (SSSR count). The highest BCUT2D eigenvalue weighted by Crippen LogP contribution is 2.41. The summed E-state index contributed by atoms with van der Waals surface area (Å²) in [4.78, 5) is 20.9. The van der Waals surface area contributed by atoms with E-state index in [1.165, 1.54) is 6.20 Å². The zero-order valence-electron chi connectivity index (χ0n) is 17.9. The van der Waals surface area contributed by atoms with Gasteiger partial charge in [0.25, 0.3) is 0 Å². The Hall–Kier alpha value is -2.17. The van der Waals surface area contributed by atoms with Crippen molar-refractivity contribution < 1.29 is 27.4 Å². The van der Waals surface area contributed by atoms with Gasteiger partial charge < -0.3 is 24.6 Å². The van der Waals surface area contributed by atoms with E-state index in [2.05, 4.69) is 10.3 Å². The predicted octanol–water partition coefficient (Wildman–Crippen LogP) is 1.98. The number of rotatable bonds is 4. The Morgan fingerprint density at radius 1 is 1.28 bits per heavy atom. The summed E-state index contributed by atoms with van der Waals surface area (Å²) in [5.41, 5.74) is 1.28. The number of methoxy groups -OCH3 is 1. The highest BCUT2D eigenvalue weighted by atomic mass is 19.4. The molecule has 3 aliphatic heterocycles. The zero-order chi connectivity index (χ0) is 22.5. The second kappa shape index (κ2) is 8.31. The zero-order valence-corrected chi connectivity index (χ0v) is 17.9. The Kier molecular flexibility index (Phi) is 5.63. The number of anilines is 1. The van der Waals surface area contributed by atoms with Crippen molar-refractivity contribution in [3.05, 3.63) is 35.0 Å². The molecule has 0 radical (unpaired) electrons. The smallest absolute Gasteiger partial charge is 0.379 e. The molecule has 10 heteroatoms. The number of pyridine rings is 1. The predicted molar refractivity (Wildman–Crippen MR) is 110 cm³/mol. The SMILES string of the molecule is COC1COCCC1N[C@H]1CC2=C(C1)C1CN(c3cc(C(F)(F)F)ccn3)CCN1C2=O. The van der Waals surface area contributed by atoms with Crippen molar-refractivity contribution in [3.63, 3.8) is 0 Å². The third-order valence-corrected chi connectivity index (χ3v) is 7.06. The Bertz CT molecular complexity index is 922. The third kappa shape index (κ3) is 3.88. The number of carbonyl (C=O) groups excluding carboxylic acids is 1. The molecule has 1 aliphatic carbocycles. The van der Waals surface area contributed by atoms with Crippen LogP contribution in [0.2, 0.25) is 0 Å². The Morgan fingerprint density at radius 2 is 2.12 bits per heavy atom. The third-order valence-electron chi connectivity index (χ3n) is 7.06. The van der Waals surface area contributed by atoms with Crippen LogP contribution in [0.4, 0.5) is 19.0 Å². The van der Waals surface area contributed by atoms with E-state index < -0.39 is 11.7 Å². The average Bonchev–Trinajstić information content (AvgIpc) is 3.31. The van der Waals surface area contributed by atoms with E-state index in [1.807, 2.05) is 9.80 Å². The molecule has 174 valence electrons. The highest BCUT2D eigenvalue weighted by Gasteiger charge is 2.47. The Balaban J connectivity index is 1.28. The van der Waals surface area contributed by atoms with Crippen LogP contribution in [0.15, 0.2) is 29.5 Å². The summed E-state index contributed by atoms with van der Waals surface area (Å²) >= 11 is 0. The number of halogens is 3. The summed E-state index contributed by atoms with van der Waals surface area (Å²) in [6.45, 7) is 2.66. The molecule has 2 saturated heterocycles. The molecule has 1 N–H and O–H groups in total. The first kappa shape index (κ1) is 21.7. The molecule has 2 fully saturated rings. The van der Waals surface area contributed by atoms with Crippen LogP contribution in [0.3, 0.4) is 0 Å². The maximum Gasteiger partial charge on any atom is 0.416 e. The van der Waals surface area contributed by atoms with Crippen molar-refractivity contribution >= 4 is 11.7 Å². The molecule has 32 heavy (non-hydrogen) atoms. The van der Waals surface area contributed by atoms with E-state index in [9.17, 15) is 18.0 Å². The first-order chi connectivity index (χ1) is 15.3. The van der Waals surface area contributed by atoms with Crippen LogP contribution in [0.1, 0.15) is 24.8 Å². The van der Waals surface area contributed by atoms with Crippen molar-refractivity contribution in [3.8, 4) is 0 Å². The summed E-state index contributed by atoms with van der Waals surface area (Å²) in [5.74, 6) is 0.375. The van der Waals surface area contributed by atoms with Gasteiger partial charge in [0.05, 0.1) is 24.3 Å². The van der Waals surface area contributed by atoms with E-state index in [0.29, 0.717) is 45.1 Å². The first-order valence-electron chi connectivity index (χ1n) is 11.0. The standard InChI is InChI=1S/C22H27F3N4O3/c1-31-19-12-32-7-3-17(19)27-14-9-15-16(10-14)21(30)29-6-5-28(11-18(15)29)20-8-13(2-4-26-20)22(23,24)25/h2,4,8,14,17-19,27H,3,5-7,9-12H2,1H3/t14-,17?,18?,19?/m1/s1. The van der Waals surface area contributed by atoms with Gasteiger partial charge in [-0.25, -0.2) is 4.98 Å². The Morgan fingerprint density at radius 3 is 2.91 bits per heavy atom. The number of aromatic nitrogens is 1. The summed E-state index contributed by atoms with van der Waals surface area (Å²) < 4.78 is 50.4. The normalized spacial score (nSPS) is 30.7. The molecule has 4 atom stereocenters. The van der Waals surface area contributed by atoms with Gasteiger partial charge in [-0.15, -0.1) is 0 Å². The van der Waals surface area contributed by atoms with Crippen LogP contribution >= 0.6 is 0 Å². The fraction of sp³-hybridized carbons (Fsp3) is 0.636. The lowest BCUT2D eigenvalue weighted by Gasteiger charge is -2.40. The van der Waals surface area contributed by atoms with Gasteiger partial charge in [0.15, 0.2) is 0 Å². The minimum atomic E-state index is -4.41. The van der Waals surface area contributed by atoms with Gasteiger partial charge in [0, 0.05) is 57.2 Å². The lowest BCUT2D eigenvalue weighted by Crippen LogP contribution is -2.55. The minimum absolute atomic E-state index is 0.0106. The second-order valence-corrected chi connectivity index (χ2v) is 8.88. The van der Waals surface area contributed by atoms with Gasteiger partial charge in [-0.1, -0.05) is 0 Å². The molecular formula is C22H27F3N4O3. The highest BCUT2D eigenvalue weighted by molar-refractivity contribution is 5.99. The average molecular weight is 452 g/mol. The lowest BCUT2D eigenvalue weighted by atomic mass is 10.0. The van der Waals surface area contributed by atoms with Crippen molar-refractivity contribution in [2.75, 3.05) is 44.9 Å².